The molecule has 1 aliphatic heterocycles. The number of carbonyl (C=O) groups excluding carboxylic acids is 1. The zero-order chi connectivity index (χ0) is 23.5. The Morgan fingerprint density at radius 3 is 2.70 bits per heavy atom. The lowest BCUT2D eigenvalue weighted by Crippen LogP contribution is -2.14. The highest BCUT2D eigenvalue weighted by atomic mass is 32.2. The first-order valence-corrected chi connectivity index (χ1v) is 10.7. The van der Waals surface area contributed by atoms with Crippen LogP contribution in [0.5, 0.6) is 17.2 Å². The third-order valence-electron chi connectivity index (χ3n) is 4.98. The molecule has 33 heavy (non-hydrogen) atoms. The summed E-state index contributed by atoms with van der Waals surface area (Å²) in [7, 11) is 1.22. The van der Waals surface area contributed by atoms with Crippen molar-refractivity contribution in [3.05, 3.63) is 81.4 Å². The Labute approximate surface area is 190 Å². The van der Waals surface area contributed by atoms with Crippen LogP contribution in [0.4, 0.5) is 8.78 Å². The molecule has 4 rings (SSSR count). The van der Waals surface area contributed by atoms with E-state index in [0.29, 0.717) is 17.1 Å². The summed E-state index contributed by atoms with van der Waals surface area (Å²) in [6.07, 6.45) is -0.226. The minimum Gasteiger partial charge on any atom is -0.502 e. The zero-order valence-electron chi connectivity index (χ0n) is 17.3. The number of esters is 1. The van der Waals surface area contributed by atoms with E-state index >= 15 is 0 Å². The highest BCUT2D eigenvalue weighted by molar-refractivity contribution is 7.98. The van der Waals surface area contributed by atoms with Crippen LogP contribution < -0.4 is 14.9 Å². The Kier molecular flexibility index (Phi) is 6.55. The largest absolute Gasteiger partial charge is 0.502 e. The molecule has 0 bridgehead atoms. The van der Waals surface area contributed by atoms with E-state index in [1.807, 2.05) is 0 Å². The van der Waals surface area contributed by atoms with Gasteiger partial charge in [0.15, 0.2) is 17.3 Å². The van der Waals surface area contributed by atoms with E-state index in [1.165, 1.54) is 13.2 Å². The third-order valence-corrected chi connectivity index (χ3v) is 6.05. The maximum atomic E-state index is 14.0. The van der Waals surface area contributed by atoms with Gasteiger partial charge in [0, 0.05) is 17.0 Å². The van der Waals surface area contributed by atoms with Gasteiger partial charge in [0.25, 0.3) is 0 Å². The van der Waals surface area contributed by atoms with Gasteiger partial charge in [-0.05, 0) is 29.8 Å². The maximum Gasteiger partial charge on any atom is 0.306 e. The molecule has 0 saturated heterocycles. The van der Waals surface area contributed by atoms with Gasteiger partial charge in [-0.2, -0.15) is 0 Å². The molecule has 1 atom stereocenters. The SMILES string of the molecule is COC(=O)C[C@@H](c1ccc2c(c1)OCO2)c1oc(CSc2ccc(F)cc2F)cc(=O)c1O. The van der Waals surface area contributed by atoms with Gasteiger partial charge >= 0.3 is 5.97 Å². The summed E-state index contributed by atoms with van der Waals surface area (Å²) in [5, 5.41) is 10.5. The predicted molar refractivity (Wildman–Crippen MR) is 114 cm³/mol. The van der Waals surface area contributed by atoms with Crippen LogP contribution in [0, 0.1) is 11.6 Å². The number of fused-ring (bicyclic) bond motifs is 1. The van der Waals surface area contributed by atoms with Gasteiger partial charge in [0.2, 0.25) is 18.0 Å². The first-order chi connectivity index (χ1) is 15.9. The van der Waals surface area contributed by atoms with E-state index in [2.05, 4.69) is 0 Å². The Hall–Kier alpha value is -3.53. The van der Waals surface area contributed by atoms with Crippen molar-refractivity contribution in [1.82, 2.24) is 0 Å². The van der Waals surface area contributed by atoms with Crippen LogP contribution in [0.1, 0.15) is 29.4 Å². The van der Waals surface area contributed by atoms with Gasteiger partial charge in [0.1, 0.15) is 17.4 Å². The molecule has 0 amide bonds. The van der Waals surface area contributed by atoms with E-state index < -0.39 is 34.7 Å². The Balaban J connectivity index is 1.69. The first-order valence-electron chi connectivity index (χ1n) is 9.75. The highest BCUT2D eigenvalue weighted by Crippen LogP contribution is 2.40. The molecule has 0 spiro atoms. The lowest BCUT2D eigenvalue weighted by molar-refractivity contribution is -0.140. The number of carbonyl (C=O) groups is 1. The average Bonchev–Trinajstić information content (AvgIpc) is 3.27. The third kappa shape index (κ3) is 4.95. The summed E-state index contributed by atoms with van der Waals surface area (Å²) < 4.78 is 48.4. The van der Waals surface area contributed by atoms with E-state index in [0.717, 1.165) is 30.0 Å². The van der Waals surface area contributed by atoms with Crippen molar-refractivity contribution in [2.45, 2.75) is 23.0 Å². The molecule has 172 valence electrons. The highest BCUT2D eigenvalue weighted by Gasteiger charge is 2.28. The van der Waals surface area contributed by atoms with Gasteiger partial charge in [-0.25, -0.2) is 8.78 Å². The molecule has 0 fully saturated rings. The molecule has 1 aromatic heterocycles. The molecule has 7 nitrogen and oxygen atoms in total. The van der Waals surface area contributed by atoms with Crippen LogP contribution in [0.3, 0.4) is 0 Å². The molecule has 2 aromatic carbocycles. The number of rotatable bonds is 7. The summed E-state index contributed by atoms with van der Waals surface area (Å²) in [6.45, 7) is 0.0490. The lowest BCUT2D eigenvalue weighted by atomic mass is 9.92. The van der Waals surface area contributed by atoms with Gasteiger partial charge in [-0.1, -0.05) is 6.07 Å². The standard InChI is InChI=1S/C23H18F2O7S/c1-29-21(27)9-15(12-2-4-18-19(6-12)31-11-30-18)23-22(28)17(26)8-14(32-23)10-33-20-5-3-13(24)7-16(20)25/h2-8,15,28H,9-11H2,1H3/t15-/m0/s1. The van der Waals surface area contributed by atoms with Crippen LogP contribution in [0.2, 0.25) is 0 Å². The van der Waals surface area contributed by atoms with Crippen molar-refractivity contribution in [3.63, 3.8) is 0 Å². The van der Waals surface area contributed by atoms with E-state index in [9.17, 15) is 23.5 Å². The Bertz CT molecular complexity index is 1260. The van der Waals surface area contributed by atoms with Gasteiger partial charge < -0.3 is 23.7 Å². The number of hydrogen-bond acceptors (Lipinski definition) is 8. The van der Waals surface area contributed by atoms with Crippen molar-refractivity contribution >= 4 is 17.7 Å². The fourth-order valence-electron chi connectivity index (χ4n) is 3.35. The van der Waals surface area contributed by atoms with Crippen molar-refractivity contribution in [3.8, 4) is 17.2 Å². The molecule has 3 aromatic rings. The minimum atomic E-state index is -0.868. The molecule has 0 unspecified atom stereocenters. The molecule has 0 aliphatic carbocycles. The molecular formula is C23H18F2O7S. The second kappa shape index (κ2) is 9.53. The molecule has 1 aliphatic rings. The molecule has 1 N–H and O–H groups in total. The lowest BCUT2D eigenvalue weighted by Gasteiger charge is -2.18. The smallest absolute Gasteiger partial charge is 0.306 e. The van der Waals surface area contributed by atoms with Gasteiger partial charge in [-0.3, -0.25) is 9.59 Å². The predicted octanol–water partition coefficient (Wildman–Crippen LogP) is 4.34. The average molecular weight is 476 g/mol. The molecule has 10 heteroatoms. The number of ether oxygens (including phenoxy) is 3. The van der Waals surface area contributed by atoms with Crippen molar-refractivity contribution in [2.75, 3.05) is 13.9 Å². The molecular weight excluding hydrogens is 458 g/mol. The monoisotopic (exact) mass is 476 g/mol. The van der Waals surface area contributed by atoms with Crippen molar-refractivity contribution in [1.29, 1.82) is 0 Å². The summed E-state index contributed by atoms with van der Waals surface area (Å²) in [6, 6.07) is 9.18. The van der Waals surface area contributed by atoms with Crippen LogP contribution in [-0.4, -0.2) is 25.0 Å². The summed E-state index contributed by atoms with van der Waals surface area (Å²) >= 11 is 0.990. The van der Waals surface area contributed by atoms with Crippen LogP contribution in [0.15, 0.2) is 56.6 Å². The maximum absolute atomic E-state index is 14.0. The second-order valence-corrected chi connectivity index (χ2v) is 8.12. The molecule has 0 radical (unpaired) electrons. The number of hydrogen-bond donors (Lipinski definition) is 1. The van der Waals surface area contributed by atoms with Crippen LogP contribution in [-0.2, 0) is 15.3 Å². The van der Waals surface area contributed by atoms with Gasteiger partial charge in [0.05, 0.1) is 25.2 Å². The van der Waals surface area contributed by atoms with E-state index in [4.69, 9.17) is 18.6 Å². The Morgan fingerprint density at radius 1 is 1.15 bits per heavy atom. The zero-order valence-corrected chi connectivity index (χ0v) is 18.1. The number of halogens is 2. The molecule has 0 saturated carbocycles. The van der Waals surface area contributed by atoms with Crippen molar-refractivity contribution in [2.24, 2.45) is 0 Å². The Morgan fingerprint density at radius 2 is 1.94 bits per heavy atom. The number of methoxy groups -OCH3 is 1. The molecule has 2 heterocycles. The fraction of sp³-hybridized carbons (Fsp3) is 0.217. The quantitative estimate of drug-likeness (QED) is 0.398. The van der Waals surface area contributed by atoms with E-state index in [-0.39, 0.29) is 35.4 Å². The van der Waals surface area contributed by atoms with E-state index in [1.54, 1.807) is 18.2 Å². The number of thioether (sulfide) groups is 1. The number of benzene rings is 2. The van der Waals surface area contributed by atoms with Crippen LogP contribution in [0.25, 0.3) is 0 Å². The summed E-state index contributed by atoms with van der Waals surface area (Å²) in [4.78, 5) is 24.7. The topological polar surface area (TPSA) is 95.2 Å². The van der Waals surface area contributed by atoms with Crippen LogP contribution >= 0.6 is 11.8 Å². The normalized spacial score (nSPS) is 13.1. The summed E-state index contributed by atoms with van der Waals surface area (Å²) in [5.41, 5.74) is -0.195. The first kappa shape index (κ1) is 22.7. The van der Waals surface area contributed by atoms with Gasteiger partial charge in [-0.15, -0.1) is 11.8 Å². The minimum absolute atomic E-state index is 0.0250. The number of aromatic hydroxyl groups is 1. The fourth-order valence-corrected chi connectivity index (χ4v) is 4.15. The second-order valence-electron chi connectivity index (χ2n) is 7.10. The summed E-state index contributed by atoms with van der Waals surface area (Å²) in [5.74, 6) is -2.57. The van der Waals surface area contributed by atoms with Crippen molar-refractivity contribution < 1.29 is 37.3 Å².